The zero-order valence-corrected chi connectivity index (χ0v) is 26.9. The van der Waals surface area contributed by atoms with Gasteiger partial charge in [-0.25, -0.2) is 14.6 Å². The molecule has 0 radical (unpaired) electrons. The number of aromatic nitrogens is 6. The molecule has 0 fully saturated rings. The Morgan fingerprint density at radius 3 is 2.22 bits per heavy atom. The molecular formula is C31H38N10O8. The van der Waals surface area contributed by atoms with E-state index in [0.717, 1.165) is 5.56 Å². The van der Waals surface area contributed by atoms with Gasteiger partial charge in [0.2, 0.25) is 17.7 Å². The number of urea groups is 1. The monoisotopic (exact) mass is 678 g/mol. The van der Waals surface area contributed by atoms with Crippen molar-refractivity contribution >= 4 is 46.3 Å². The summed E-state index contributed by atoms with van der Waals surface area (Å²) in [5.74, 6) is 0.808. The van der Waals surface area contributed by atoms with Crippen molar-refractivity contribution < 1.29 is 38.1 Å². The second-order valence-corrected chi connectivity index (χ2v) is 10.7. The lowest BCUT2D eigenvalue weighted by molar-refractivity contribution is -0.120. The minimum absolute atomic E-state index is 0.123. The van der Waals surface area contributed by atoms with Gasteiger partial charge in [0.05, 0.1) is 44.5 Å². The van der Waals surface area contributed by atoms with Crippen molar-refractivity contribution in [2.75, 3.05) is 63.4 Å². The number of rotatable bonds is 19. The number of benzene rings is 1. The molecule has 0 aliphatic carbocycles. The average Bonchev–Trinajstić information content (AvgIpc) is 3.84. The Kier molecular flexibility index (Phi) is 12.4. The molecule has 5 N–H and O–H groups in total. The molecule has 5 aromatic rings. The highest BCUT2D eigenvalue weighted by molar-refractivity contribution is 6.00. The lowest BCUT2D eigenvalue weighted by Crippen LogP contribution is -2.27. The summed E-state index contributed by atoms with van der Waals surface area (Å²) >= 11 is 0. The summed E-state index contributed by atoms with van der Waals surface area (Å²) in [5, 5.41) is 28.6. The Morgan fingerprint density at radius 2 is 1.55 bits per heavy atom. The number of hydrogen-bond donors (Lipinski definition) is 5. The Hall–Kier alpha value is -5.59. The third-order valence-electron chi connectivity index (χ3n) is 6.89. The molecule has 18 nitrogen and oxygen atoms in total. The van der Waals surface area contributed by atoms with Crippen molar-refractivity contribution in [3.8, 4) is 11.6 Å². The summed E-state index contributed by atoms with van der Waals surface area (Å²) in [4.78, 5) is 44.7. The normalized spacial score (nSPS) is 11.2. The fourth-order valence-corrected chi connectivity index (χ4v) is 4.62. The van der Waals surface area contributed by atoms with Gasteiger partial charge in [-0.1, -0.05) is 12.1 Å². The van der Waals surface area contributed by atoms with E-state index in [1.165, 1.54) is 10.8 Å². The number of aryl methyl sites for hydroxylation is 1. The molecule has 0 atom stereocenters. The highest BCUT2D eigenvalue weighted by Crippen LogP contribution is 2.24. The minimum Gasteiger partial charge on any atom is -0.465 e. The maximum atomic E-state index is 12.9. The summed E-state index contributed by atoms with van der Waals surface area (Å²) in [7, 11) is 1.77. The van der Waals surface area contributed by atoms with Gasteiger partial charge in [-0.05, 0) is 42.7 Å². The standard InChI is InChI=1S/C31H38N10O8/c1-40-20-23-26(38-40)36-29(41-28(23)35-27(39-41)24-5-2-14-49-24)37-30(43)34-22-8-6-21(7-9-22)19-25(42)32-10-3-12-46-15-17-48-18-16-47-13-4-11-33-31(44)45/h2,5-9,14,20,33H,3-4,10-13,15-19H2,1H3,(H,32,42)(H,44,45)(H2,34,36,37,38,43). The van der Waals surface area contributed by atoms with Gasteiger partial charge in [0.25, 0.3) is 0 Å². The van der Waals surface area contributed by atoms with Crippen molar-refractivity contribution in [1.29, 1.82) is 0 Å². The highest BCUT2D eigenvalue weighted by Gasteiger charge is 2.19. The number of amides is 4. The fourth-order valence-electron chi connectivity index (χ4n) is 4.62. The molecule has 18 heteroatoms. The second kappa shape index (κ2) is 17.5. The molecule has 4 aromatic heterocycles. The smallest absolute Gasteiger partial charge is 0.404 e. The summed E-state index contributed by atoms with van der Waals surface area (Å²) in [6.07, 6.45) is 3.71. The number of anilines is 2. The topological polar surface area (TPSA) is 221 Å². The van der Waals surface area contributed by atoms with Crippen LogP contribution >= 0.6 is 0 Å². The largest absolute Gasteiger partial charge is 0.465 e. The number of furan rings is 1. The number of ether oxygens (including phenoxy) is 3. The molecule has 4 heterocycles. The summed E-state index contributed by atoms with van der Waals surface area (Å²) in [6.45, 7) is 3.50. The molecule has 1 aromatic carbocycles. The van der Waals surface area contributed by atoms with Crippen LogP contribution in [0.2, 0.25) is 0 Å². The number of nitrogens with one attached hydrogen (secondary N) is 4. The Labute approximate surface area is 280 Å². The zero-order valence-electron chi connectivity index (χ0n) is 26.9. The van der Waals surface area contributed by atoms with Gasteiger partial charge >= 0.3 is 12.1 Å². The van der Waals surface area contributed by atoms with Crippen molar-refractivity contribution in [3.05, 3.63) is 54.4 Å². The van der Waals surface area contributed by atoms with Crippen LogP contribution in [-0.2, 0) is 32.5 Å². The Morgan fingerprint density at radius 1 is 0.857 bits per heavy atom. The molecule has 0 aliphatic heterocycles. The van der Waals surface area contributed by atoms with E-state index in [-0.39, 0.29) is 18.3 Å². The molecule has 49 heavy (non-hydrogen) atoms. The number of carboxylic acid groups (broad SMARTS) is 1. The van der Waals surface area contributed by atoms with E-state index in [4.69, 9.17) is 23.7 Å². The first-order valence-electron chi connectivity index (χ1n) is 15.6. The zero-order chi connectivity index (χ0) is 34.4. The van der Waals surface area contributed by atoms with E-state index >= 15 is 0 Å². The number of nitrogens with zero attached hydrogens (tertiary/aromatic N) is 6. The van der Waals surface area contributed by atoms with Crippen LogP contribution in [0.3, 0.4) is 0 Å². The van der Waals surface area contributed by atoms with Gasteiger partial charge in [0.15, 0.2) is 17.1 Å². The second-order valence-electron chi connectivity index (χ2n) is 10.7. The lowest BCUT2D eigenvalue weighted by atomic mass is 10.1. The van der Waals surface area contributed by atoms with E-state index in [2.05, 4.69) is 41.4 Å². The van der Waals surface area contributed by atoms with E-state index in [1.807, 2.05) is 0 Å². The van der Waals surface area contributed by atoms with Crippen LogP contribution in [0.15, 0.2) is 53.3 Å². The van der Waals surface area contributed by atoms with Crippen LogP contribution in [0.25, 0.3) is 28.3 Å². The Balaban J connectivity index is 0.977. The minimum atomic E-state index is -1.04. The third kappa shape index (κ3) is 10.4. The van der Waals surface area contributed by atoms with Crippen molar-refractivity contribution in [1.82, 2.24) is 40.0 Å². The van der Waals surface area contributed by atoms with E-state index in [9.17, 15) is 14.4 Å². The molecule has 0 bridgehead atoms. The molecule has 0 saturated carbocycles. The molecule has 5 rings (SSSR count). The highest BCUT2D eigenvalue weighted by atomic mass is 16.5. The van der Waals surface area contributed by atoms with Crippen LogP contribution in [-0.4, -0.2) is 105 Å². The first kappa shape index (κ1) is 34.7. The van der Waals surface area contributed by atoms with Crippen molar-refractivity contribution in [3.63, 3.8) is 0 Å². The van der Waals surface area contributed by atoms with E-state index in [1.54, 1.807) is 54.3 Å². The number of fused-ring (bicyclic) bond motifs is 3. The third-order valence-corrected chi connectivity index (χ3v) is 6.89. The molecule has 4 amide bonds. The first-order valence-corrected chi connectivity index (χ1v) is 15.6. The van der Waals surface area contributed by atoms with Crippen LogP contribution < -0.4 is 21.3 Å². The van der Waals surface area contributed by atoms with E-state index in [0.29, 0.717) is 99.5 Å². The fraction of sp³-hybridized carbons (Fsp3) is 0.387. The maximum Gasteiger partial charge on any atom is 0.404 e. The van der Waals surface area contributed by atoms with Crippen LogP contribution in [0.5, 0.6) is 0 Å². The summed E-state index contributed by atoms with van der Waals surface area (Å²) in [6, 6.07) is 9.88. The first-order chi connectivity index (χ1) is 23.9. The van der Waals surface area contributed by atoms with Gasteiger partial charge < -0.3 is 39.7 Å². The predicted octanol–water partition coefficient (Wildman–Crippen LogP) is 2.67. The quantitative estimate of drug-likeness (QED) is 0.0796. The van der Waals surface area contributed by atoms with Gasteiger partial charge in [-0.3, -0.25) is 14.8 Å². The Bertz CT molecular complexity index is 1820. The number of carbonyl (C=O) groups is 3. The maximum absolute atomic E-state index is 12.9. The van der Waals surface area contributed by atoms with E-state index < -0.39 is 12.1 Å². The molecule has 0 spiro atoms. The van der Waals surface area contributed by atoms with Crippen LogP contribution in [0.1, 0.15) is 18.4 Å². The SMILES string of the molecule is Cn1cc2c(nc(NC(=O)Nc3ccc(CC(=O)NCCCOCCOCCOCCCNC(=O)O)cc3)n3nc(-c4ccco4)nc23)n1. The number of hydrogen-bond acceptors (Lipinski definition) is 11. The average molecular weight is 679 g/mol. The summed E-state index contributed by atoms with van der Waals surface area (Å²) < 4.78 is 24.8. The van der Waals surface area contributed by atoms with Crippen molar-refractivity contribution in [2.24, 2.45) is 7.05 Å². The molecule has 260 valence electrons. The summed E-state index contributed by atoms with van der Waals surface area (Å²) in [5.41, 5.74) is 2.16. The molecule has 0 unspecified atom stereocenters. The van der Waals surface area contributed by atoms with Gasteiger partial charge in [0.1, 0.15) is 0 Å². The molecule has 0 aliphatic rings. The predicted molar refractivity (Wildman–Crippen MR) is 176 cm³/mol. The van der Waals surface area contributed by atoms with Crippen LogP contribution in [0, 0.1) is 0 Å². The van der Waals surface area contributed by atoms with Gasteiger partial charge in [0, 0.05) is 45.2 Å². The number of carbonyl (C=O) groups excluding carboxylic acids is 2. The van der Waals surface area contributed by atoms with Crippen LogP contribution in [0.4, 0.5) is 21.2 Å². The van der Waals surface area contributed by atoms with Crippen molar-refractivity contribution in [2.45, 2.75) is 19.3 Å². The van der Waals surface area contributed by atoms with Gasteiger partial charge in [-0.15, -0.1) is 5.10 Å². The lowest BCUT2D eigenvalue weighted by Gasteiger charge is -2.09. The van der Waals surface area contributed by atoms with Gasteiger partial charge in [-0.2, -0.15) is 14.6 Å². The molecule has 0 saturated heterocycles. The molecular weight excluding hydrogens is 640 g/mol.